The lowest BCUT2D eigenvalue weighted by atomic mass is 9.93. The molecule has 1 saturated heterocycles. The average molecular weight is 338 g/mol. The summed E-state index contributed by atoms with van der Waals surface area (Å²) in [5, 5.41) is 14.4. The van der Waals surface area contributed by atoms with Crippen LogP contribution in [0.25, 0.3) is 0 Å². The second-order valence-corrected chi connectivity index (χ2v) is 8.36. The molecule has 1 aliphatic heterocycles. The molecule has 1 aliphatic carbocycles. The highest BCUT2D eigenvalue weighted by Gasteiger charge is 2.23. The van der Waals surface area contributed by atoms with E-state index in [-0.39, 0.29) is 6.61 Å². The molecule has 4 nitrogen and oxygen atoms in total. The number of likely N-dealkylation sites (tertiary alicyclic amines) is 1. The van der Waals surface area contributed by atoms with Crippen molar-refractivity contribution in [2.24, 2.45) is 0 Å². The summed E-state index contributed by atoms with van der Waals surface area (Å²) < 4.78 is 1.99. The number of rotatable bonds is 7. The van der Waals surface area contributed by atoms with Crippen LogP contribution in [0, 0.1) is 0 Å². The Morgan fingerprint density at radius 3 is 2.61 bits per heavy atom. The molecule has 5 heteroatoms. The Bertz CT molecular complexity index is 451. The van der Waals surface area contributed by atoms with E-state index in [4.69, 9.17) is 5.11 Å². The Balaban J connectivity index is 1.37. The fourth-order valence-electron chi connectivity index (χ4n) is 4.00. The van der Waals surface area contributed by atoms with E-state index < -0.39 is 0 Å². The van der Waals surface area contributed by atoms with Crippen LogP contribution in [0.3, 0.4) is 0 Å². The SMILES string of the molecule is OCCn1nccc1C1CCN(CCSC2CCCCC2)CC1. The maximum absolute atomic E-state index is 9.14. The summed E-state index contributed by atoms with van der Waals surface area (Å²) in [6.45, 7) is 4.47. The van der Waals surface area contributed by atoms with Crippen molar-refractivity contribution >= 4 is 11.8 Å². The molecule has 0 bridgehead atoms. The molecule has 0 radical (unpaired) electrons. The topological polar surface area (TPSA) is 41.3 Å². The first-order valence-corrected chi connectivity index (χ1v) is 10.4. The third-order valence-corrected chi connectivity index (χ3v) is 6.74. The molecule has 0 atom stereocenters. The number of piperidine rings is 1. The van der Waals surface area contributed by atoms with Crippen LogP contribution in [0.2, 0.25) is 0 Å². The second-order valence-electron chi connectivity index (χ2n) is 6.95. The van der Waals surface area contributed by atoms with Crippen LogP contribution in [0.4, 0.5) is 0 Å². The van der Waals surface area contributed by atoms with E-state index in [9.17, 15) is 0 Å². The molecule has 2 aliphatic rings. The van der Waals surface area contributed by atoms with Gasteiger partial charge in [0.05, 0.1) is 13.2 Å². The van der Waals surface area contributed by atoms with E-state index in [0.29, 0.717) is 12.5 Å². The molecule has 1 N–H and O–H groups in total. The van der Waals surface area contributed by atoms with E-state index in [2.05, 4.69) is 27.8 Å². The summed E-state index contributed by atoms with van der Waals surface area (Å²) in [4.78, 5) is 2.64. The first-order valence-electron chi connectivity index (χ1n) is 9.33. The summed E-state index contributed by atoms with van der Waals surface area (Å²) >= 11 is 2.22. The highest BCUT2D eigenvalue weighted by atomic mass is 32.2. The minimum Gasteiger partial charge on any atom is -0.394 e. The molecule has 1 saturated carbocycles. The van der Waals surface area contributed by atoms with Crippen LogP contribution in [-0.4, -0.2) is 57.0 Å². The van der Waals surface area contributed by atoms with Crippen molar-refractivity contribution in [2.45, 2.75) is 62.7 Å². The Labute approximate surface area is 144 Å². The van der Waals surface area contributed by atoms with Gasteiger partial charge in [-0.1, -0.05) is 19.3 Å². The van der Waals surface area contributed by atoms with Gasteiger partial charge in [0.2, 0.25) is 0 Å². The quantitative estimate of drug-likeness (QED) is 0.830. The van der Waals surface area contributed by atoms with Crippen LogP contribution < -0.4 is 0 Å². The molecule has 0 aromatic carbocycles. The predicted octanol–water partition coefficient (Wildman–Crippen LogP) is 3.12. The Hall–Kier alpha value is -0.520. The van der Waals surface area contributed by atoms with Crippen LogP contribution in [-0.2, 0) is 6.54 Å². The van der Waals surface area contributed by atoms with Gasteiger partial charge in [-0.25, -0.2) is 0 Å². The Kier molecular flexibility index (Phi) is 6.84. The van der Waals surface area contributed by atoms with Gasteiger partial charge in [-0.3, -0.25) is 4.68 Å². The molecule has 23 heavy (non-hydrogen) atoms. The molecule has 1 aromatic heterocycles. The van der Waals surface area contributed by atoms with Gasteiger partial charge in [-0.05, 0) is 44.8 Å². The van der Waals surface area contributed by atoms with Crippen molar-refractivity contribution in [1.29, 1.82) is 0 Å². The van der Waals surface area contributed by atoms with Gasteiger partial charge in [0.15, 0.2) is 0 Å². The first-order chi connectivity index (χ1) is 11.4. The number of aromatic nitrogens is 2. The summed E-state index contributed by atoms with van der Waals surface area (Å²) in [5.41, 5.74) is 1.32. The fraction of sp³-hybridized carbons (Fsp3) is 0.833. The van der Waals surface area contributed by atoms with Gasteiger partial charge in [-0.2, -0.15) is 16.9 Å². The maximum atomic E-state index is 9.14. The smallest absolute Gasteiger partial charge is 0.0644 e. The van der Waals surface area contributed by atoms with Crippen molar-refractivity contribution in [1.82, 2.24) is 14.7 Å². The van der Waals surface area contributed by atoms with E-state index in [0.717, 1.165) is 5.25 Å². The molecule has 130 valence electrons. The standard InChI is InChI=1S/C18H31N3OS/c22-14-12-21-18(6-9-19-21)16-7-10-20(11-8-16)13-15-23-17-4-2-1-3-5-17/h6,9,16-17,22H,1-5,7-8,10-15H2. The number of nitrogens with zero attached hydrogens (tertiary/aromatic N) is 3. The number of aliphatic hydroxyl groups is 1. The normalized spacial score (nSPS) is 21.8. The van der Waals surface area contributed by atoms with E-state index in [1.54, 1.807) is 0 Å². The van der Waals surface area contributed by atoms with E-state index in [1.807, 2.05) is 10.9 Å². The van der Waals surface area contributed by atoms with Crippen molar-refractivity contribution in [3.63, 3.8) is 0 Å². The van der Waals surface area contributed by atoms with Crippen LogP contribution >= 0.6 is 11.8 Å². The Morgan fingerprint density at radius 1 is 1.09 bits per heavy atom. The molecular weight excluding hydrogens is 306 g/mol. The minimum atomic E-state index is 0.173. The molecule has 2 fully saturated rings. The van der Waals surface area contributed by atoms with Crippen molar-refractivity contribution in [3.05, 3.63) is 18.0 Å². The van der Waals surface area contributed by atoms with E-state index >= 15 is 0 Å². The van der Waals surface area contributed by atoms with Crippen molar-refractivity contribution in [3.8, 4) is 0 Å². The number of hydrogen-bond donors (Lipinski definition) is 1. The highest BCUT2D eigenvalue weighted by molar-refractivity contribution is 7.99. The lowest BCUT2D eigenvalue weighted by Crippen LogP contribution is -2.35. The zero-order chi connectivity index (χ0) is 15.9. The Morgan fingerprint density at radius 2 is 1.87 bits per heavy atom. The molecule has 0 amide bonds. The van der Waals surface area contributed by atoms with Gasteiger partial charge in [-0.15, -0.1) is 0 Å². The highest BCUT2D eigenvalue weighted by Crippen LogP contribution is 2.30. The summed E-state index contributed by atoms with van der Waals surface area (Å²) in [6.07, 6.45) is 11.6. The predicted molar refractivity (Wildman–Crippen MR) is 97.1 cm³/mol. The number of thioether (sulfide) groups is 1. The summed E-state index contributed by atoms with van der Waals surface area (Å²) in [7, 11) is 0. The lowest BCUT2D eigenvalue weighted by molar-refractivity contribution is 0.216. The van der Waals surface area contributed by atoms with Gasteiger partial charge >= 0.3 is 0 Å². The average Bonchev–Trinajstić information content (AvgIpc) is 3.05. The summed E-state index contributed by atoms with van der Waals surface area (Å²) in [6, 6.07) is 2.13. The van der Waals surface area contributed by atoms with Crippen LogP contribution in [0.15, 0.2) is 12.3 Å². The minimum absolute atomic E-state index is 0.173. The maximum Gasteiger partial charge on any atom is 0.0644 e. The molecular formula is C18H31N3OS. The zero-order valence-corrected chi connectivity index (χ0v) is 15.0. The third kappa shape index (κ3) is 4.97. The molecule has 1 aromatic rings. The summed E-state index contributed by atoms with van der Waals surface area (Å²) in [5.74, 6) is 1.92. The molecule has 2 heterocycles. The first kappa shape index (κ1) is 17.3. The lowest BCUT2D eigenvalue weighted by Gasteiger charge is -2.32. The van der Waals surface area contributed by atoms with Crippen LogP contribution in [0.1, 0.15) is 56.6 Å². The van der Waals surface area contributed by atoms with Crippen molar-refractivity contribution in [2.75, 3.05) is 32.0 Å². The molecule has 0 unspecified atom stereocenters. The van der Waals surface area contributed by atoms with Gasteiger partial charge < -0.3 is 10.0 Å². The van der Waals surface area contributed by atoms with Crippen LogP contribution in [0.5, 0.6) is 0 Å². The number of hydrogen-bond acceptors (Lipinski definition) is 4. The largest absolute Gasteiger partial charge is 0.394 e. The zero-order valence-electron chi connectivity index (χ0n) is 14.2. The number of aliphatic hydroxyl groups excluding tert-OH is 1. The second kappa shape index (κ2) is 9.09. The van der Waals surface area contributed by atoms with Gasteiger partial charge in [0.25, 0.3) is 0 Å². The molecule has 0 spiro atoms. The van der Waals surface area contributed by atoms with Crippen molar-refractivity contribution < 1.29 is 5.11 Å². The third-order valence-electron chi connectivity index (χ3n) is 5.38. The fourth-order valence-corrected chi connectivity index (χ4v) is 5.37. The van der Waals surface area contributed by atoms with Gasteiger partial charge in [0.1, 0.15) is 0 Å². The van der Waals surface area contributed by atoms with Gasteiger partial charge in [0, 0.05) is 35.4 Å². The monoisotopic (exact) mass is 337 g/mol. The van der Waals surface area contributed by atoms with E-state index in [1.165, 1.54) is 76.0 Å². The molecule has 3 rings (SSSR count).